The van der Waals surface area contributed by atoms with Crippen LogP contribution in [0.4, 0.5) is 0 Å². The number of carbonyl (C=O) groups excluding carboxylic acids is 1. The smallest absolute Gasteiger partial charge is 0.275 e. The van der Waals surface area contributed by atoms with Gasteiger partial charge in [-0.3, -0.25) is 4.79 Å². The lowest BCUT2D eigenvalue weighted by molar-refractivity contribution is 0.0952. The summed E-state index contributed by atoms with van der Waals surface area (Å²) in [5.41, 5.74) is 3.39. The van der Waals surface area contributed by atoms with Crippen molar-refractivity contribution in [1.29, 1.82) is 0 Å². The van der Waals surface area contributed by atoms with E-state index >= 15 is 0 Å². The number of fused-ring (bicyclic) bond motifs is 1. The van der Waals surface area contributed by atoms with Gasteiger partial charge in [0.2, 0.25) is 0 Å². The van der Waals surface area contributed by atoms with E-state index in [0.29, 0.717) is 16.9 Å². The number of nitrogens with one attached hydrogen (secondary N) is 1. The SMILES string of the molecule is COc1ccccc1C(=O)N/N=C/c1c(O)ccc2ccccc12. The van der Waals surface area contributed by atoms with Gasteiger partial charge >= 0.3 is 0 Å². The van der Waals surface area contributed by atoms with Gasteiger partial charge in [-0.05, 0) is 29.0 Å². The normalized spacial score (nSPS) is 10.9. The standard InChI is InChI=1S/C19H16N2O3/c1-24-18-9-5-4-8-15(18)19(23)21-20-12-16-14-7-3-2-6-13(14)10-11-17(16)22/h2-12,22H,1H3,(H,21,23)/b20-12+. The largest absolute Gasteiger partial charge is 0.507 e. The molecule has 3 aromatic carbocycles. The van der Waals surface area contributed by atoms with Crippen LogP contribution in [0.1, 0.15) is 15.9 Å². The summed E-state index contributed by atoms with van der Waals surface area (Å²) in [4.78, 5) is 12.2. The third-order valence-electron chi connectivity index (χ3n) is 3.66. The fourth-order valence-corrected chi connectivity index (χ4v) is 2.47. The molecule has 0 spiro atoms. The molecule has 5 nitrogen and oxygen atoms in total. The predicted octanol–water partition coefficient (Wildman–Crippen LogP) is 3.32. The number of para-hydroxylation sites is 1. The second kappa shape index (κ2) is 6.83. The van der Waals surface area contributed by atoms with Crippen LogP contribution in [0.5, 0.6) is 11.5 Å². The number of hydrogen-bond donors (Lipinski definition) is 2. The molecule has 0 heterocycles. The van der Waals surface area contributed by atoms with Crippen molar-refractivity contribution in [2.75, 3.05) is 7.11 Å². The van der Waals surface area contributed by atoms with Crippen LogP contribution in [0, 0.1) is 0 Å². The van der Waals surface area contributed by atoms with Crippen LogP contribution >= 0.6 is 0 Å². The number of rotatable bonds is 4. The van der Waals surface area contributed by atoms with Crippen LogP contribution in [0.3, 0.4) is 0 Å². The molecular formula is C19H16N2O3. The Kier molecular flexibility index (Phi) is 4.43. The number of aromatic hydroxyl groups is 1. The molecule has 0 bridgehead atoms. The minimum atomic E-state index is -0.386. The lowest BCUT2D eigenvalue weighted by Gasteiger charge is -2.07. The number of hydrogen-bond acceptors (Lipinski definition) is 4. The van der Waals surface area contributed by atoms with Gasteiger partial charge < -0.3 is 9.84 Å². The van der Waals surface area contributed by atoms with Crippen molar-refractivity contribution in [2.45, 2.75) is 0 Å². The summed E-state index contributed by atoms with van der Waals surface area (Å²) in [6.07, 6.45) is 1.44. The van der Waals surface area contributed by atoms with E-state index in [1.54, 1.807) is 30.3 Å². The van der Waals surface area contributed by atoms with Crippen molar-refractivity contribution in [2.24, 2.45) is 5.10 Å². The molecule has 0 fully saturated rings. The summed E-state index contributed by atoms with van der Waals surface area (Å²) in [5.74, 6) is 0.186. The van der Waals surface area contributed by atoms with Crippen LogP contribution in [0.15, 0.2) is 65.8 Å². The van der Waals surface area contributed by atoms with E-state index in [1.807, 2.05) is 30.3 Å². The number of ether oxygens (including phenoxy) is 1. The molecule has 24 heavy (non-hydrogen) atoms. The first-order valence-corrected chi connectivity index (χ1v) is 7.38. The first-order chi connectivity index (χ1) is 11.7. The van der Waals surface area contributed by atoms with Crippen molar-refractivity contribution in [3.8, 4) is 11.5 Å². The highest BCUT2D eigenvalue weighted by molar-refractivity contribution is 6.03. The molecule has 0 radical (unpaired) electrons. The van der Waals surface area contributed by atoms with Gasteiger partial charge in [-0.1, -0.05) is 42.5 Å². The van der Waals surface area contributed by atoms with Gasteiger partial charge in [0.1, 0.15) is 11.5 Å². The van der Waals surface area contributed by atoms with Gasteiger partial charge in [-0.15, -0.1) is 0 Å². The van der Waals surface area contributed by atoms with E-state index in [1.165, 1.54) is 13.3 Å². The number of carbonyl (C=O) groups is 1. The van der Waals surface area contributed by atoms with Crippen molar-refractivity contribution < 1.29 is 14.6 Å². The van der Waals surface area contributed by atoms with E-state index in [-0.39, 0.29) is 11.7 Å². The van der Waals surface area contributed by atoms with Crippen LogP contribution in [-0.4, -0.2) is 24.3 Å². The first kappa shape index (κ1) is 15.6. The minimum Gasteiger partial charge on any atom is -0.507 e. The molecule has 5 heteroatoms. The Morgan fingerprint density at radius 2 is 1.83 bits per heavy atom. The third kappa shape index (κ3) is 3.05. The molecule has 3 rings (SSSR count). The number of hydrazone groups is 1. The molecule has 0 atom stereocenters. The Hall–Kier alpha value is -3.34. The quantitative estimate of drug-likeness (QED) is 0.572. The lowest BCUT2D eigenvalue weighted by atomic mass is 10.0. The molecule has 0 unspecified atom stereocenters. The summed E-state index contributed by atoms with van der Waals surface area (Å²) in [6, 6.07) is 18.0. The number of methoxy groups -OCH3 is 1. The molecule has 3 aromatic rings. The van der Waals surface area contributed by atoms with Crippen molar-refractivity contribution in [3.63, 3.8) is 0 Å². The van der Waals surface area contributed by atoms with Crippen LogP contribution < -0.4 is 10.2 Å². The van der Waals surface area contributed by atoms with Gasteiger partial charge in [0, 0.05) is 5.56 Å². The second-order valence-electron chi connectivity index (χ2n) is 5.12. The van der Waals surface area contributed by atoms with Crippen LogP contribution in [0.2, 0.25) is 0 Å². The molecule has 120 valence electrons. The predicted molar refractivity (Wildman–Crippen MR) is 93.7 cm³/mol. The van der Waals surface area contributed by atoms with E-state index in [4.69, 9.17) is 4.74 Å². The fraction of sp³-hybridized carbons (Fsp3) is 0.0526. The molecule has 2 N–H and O–H groups in total. The Balaban J connectivity index is 1.85. The Labute approximate surface area is 139 Å². The summed E-state index contributed by atoms with van der Waals surface area (Å²) in [7, 11) is 1.50. The summed E-state index contributed by atoms with van der Waals surface area (Å²) in [6.45, 7) is 0. The molecular weight excluding hydrogens is 304 g/mol. The number of phenolic OH excluding ortho intramolecular Hbond substituents is 1. The maximum Gasteiger partial charge on any atom is 0.275 e. The average Bonchev–Trinajstić information content (AvgIpc) is 2.63. The first-order valence-electron chi connectivity index (χ1n) is 7.38. The monoisotopic (exact) mass is 320 g/mol. The summed E-state index contributed by atoms with van der Waals surface area (Å²) < 4.78 is 5.16. The zero-order valence-electron chi connectivity index (χ0n) is 13.1. The van der Waals surface area contributed by atoms with E-state index in [9.17, 15) is 9.90 Å². The second-order valence-corrected chi connectivity index (χ2v) is 5.12. The zero-order chi connectivity index (χ0) is 16.9. The van der Waals surface area contributed by atoms with Gasteiger partial charge in [0.15, 0.2) is 0 Å². The van der Waals surface area contributed by atoms with Crippen LogP contribution in [-0.2, 0) is 0 Å². The highest BCUT2D eigenvalue weighted by Gasteiger charge is 2.10. The number of phenols is 1. The molecule has 0 aliphatic heterocycles. The lowest BCUT2D eigenvalue weighted by Crippen LogP contribution is -2.18. The highest BCUT2D eigenvalue weighted by Crippen LogP contribution is 2.25. The van der Waals surface area contributed by atoms with E-state index in [0.717, 1.165) is 10.8 Å². The molecule has 0 saturated carbocycles. The van der Waals surface area contributed by atoms with Gasteiger partial charge in [0.25, 0.3) is 5.91 Å². The van der Waals surface area contributed by atoms with Gasteiger partial charge in [0.05, 0.1) is 18.9 Å². The number of nitrogens with zero attached hydrogens (tertiary/aromatic N) is 1. The van der Waals surface area contributed by atoms with Crippen molar-refractivity contribution in [1.82, 2.24) is 5.43 Å². The number of amides is 1. The average molecular weight is 320 g/mol. The highest BCUT2D eigenvalue weighted by atomic mass is 16.5. The van der Waals surface area contributed by atoms with E-state index in [2.05, 4.69) is 10.5 Å². The van der Waals surface area contributed by atoms with Gasteiger partial charge in [-0.25, -0.2) is 5.43 Å². The number of benzene rings is 3. The van der Waals surface area contributed by atoms with Gasteiger partial charge in [-0.2, -0.15) is 5.10 Å². The Morgan fingerprint density at radius 1 is 1.08 bits per heavy atom. The van der Waals surface area contributed by atoms with Crippen molar-refractivity contribution in [3.05, 3.63) is 71.8 Å². The molecule has 0 aromatic heterocycles. The summed E-state index contributed by atoms with van der Waals surface area (Å²) in [5, 5.41) is 15.8. The molecule has 1 amide bonds. The molecule has 0 aliphatic rings. The topological polar surface area (TPSA) is 70.9 Å². The zero-order valence-corrected chi connectivity index (χ0v) is 13.1. The maximum atomic E-state index is 12.2. The molecule has 0 saturated heterocycles. The Bertz CT molecular complexity index is 919. The molecule has 0 aliphatic carbocycles. The maximum absolute atomic E-state index is 12.2. The summed E-state index contributed by atoms with van der Waals surface area (Å²) >= 11 is 0. The van der Waals surface area contributed by atoms with Crippen LogP contribution in [0.25, 0.3) is 10.8 Å². The Morgan fingerprint density at radius 3 is 2.67 bits per heavy atom. The van der Waals surface area contributed by atoms with Crippen molar-refractivity contribution >= 4 is 22.9 Å². The minimum absolute atomic E-state index is 0.101. The van der Waals surface area contributed by atoms with E-state index < -0.39 is 0 Å². The fourth-order valence-electron chi connectivity index (χ4n) is 2.47. The third-order valence-corrected chi connectivity index (χ3v) is 3.66.